The lowest BCUT2D eigenvalue weighted by Crippen LogP contribution is -1.91. The monoisotopic (exact) mass is 398 g/mol. The van der Waals surface area contributed by atoms with E-state index in [-0.39, 0.29) is 5.82 Å². The lowest BCUT2D eigenvalue weighted by molar-refractivity contribution is 0.628. The molecule has 0 saturated carbocycles. The van der Waals surface area contributed by atoms with Crippen molar-refractivity contribution >= 4 is 29.0 Å². The largest absolute Gasteiger partial charge is 0.384 e. The zero-order valence-corrected chi connectivity index (χ0v) is 15.4. The Hall–Kier alpha value is -2.89. The summed E-state index contributed by atoms with van der Waals surface area (Å²) < 4.78 is 13.4. The smallest absolute Gasteiger partial charge is 0.141 e. The second kappa shape index (κ2) is 7.02. The van der Waals surface area contributed by atoms with Gasteiger partial charge < -0.3 is 10.7 Å². The number of imidazole rings is 1. The Morgan fingerprint density at radius 1 is 0.926 bits per heavy atom. The summed E-state index contributed by atoms with van der Waals surface area (Å²) in [5.41, 5.74) is 9.31. The van der Waals surface area contributed by atoms with Gasteiger partial charge in [0.1, 0.15) is 17.5 Å². The molecule has 27 heavy (non-hydrogen) atoms. The van der Waals surface area contributed by atoms with Gasteiger partial charge in [-0.15, -0.1) is 0 Å². The second-order valence-electron chi connectivity index (χ2n) is 5.88. The number of nitrogens with one attached hydrogen (secondary N) is 1. The summed E-state index contributed by atoms with van der Waals surface area (Å²) in [5, 5.41) is 0.949. The molecule has 0 fully saturated rings. The van der Waals surface area contributed by atoms with Gasteiger partial charge in [-0.05, 0) is 48.5 Å². The van der Waals surface area contributed by atoms with Gasteiger partial charge >= 0.3 is 0 Å². The van der Waals surface area contributed by atoms with Crippen molar-refractivity contribution in [3.05, 3.63) is 76.7 Å². The van der Waals surface area contributed by atoms with Gasteiger partial charge in [0.15, 0.2) is 0 Å². The number of pyridine rings is 1. The van der Waals surface area contributed by atoms with E-state index in [0.717, 1.165) is 11.1 Å². The van der Waals surface area contributed by atoms with Crippen LogP contribution in [0.15, 0.2) is 60.8 Å². The molecule has 4 nitrogen and oxygen atoms in total. The third-order valence-electron chi connectivity index (χ3n) is 4.09. The molecule has 0 spiro atoms. The van der Waals surface area contributed by atoms with E-state index in [1.54, 1.807) is 42.6 Å². The highest BCUT2D eigenvalue weighted by Gasteiger charge is 2.19. The second-order valence-corrected chi connectivity index (χ2v) is 6.70. The summed E-state index contributed by atoms with van der Waals surface area (Å²) in [6, 6.07) is 14.9. The lowest BCUT2D eigenvalue weighted by atomic mass is 10.1. The van der Waals surface area contributed by atoms with Crippen molar-refractivity contribution in [1.82, 2.24) is 15.0 Å². The van der Waals surface area contributed by atoms with Crippen LogP contribution in [0.5, 0.6) is 0 Å². The van der Waals surface area contributed by atoms with Gasteiger partial charge in [-0.1, -0.05) is 29.3 Å². The van der Waals surface area contributed by atoms with Crippen molar-refractivity contribution < 1.29 is 4.39 Å². The van der Waals surface area contributed by atoms with E-state index in [2.05, 4.69) is 9.97 Å². The van der Waals surface area contributed by atoms with Gasteiger partial charge in [0.2, 0.25) is 0 Å². The molecule has 4 rings (SSSR count). The van der Waals surface area contributed by atoms with Crippen LogP contribution in [0.25, 0.3) is 33.9 Å². The van der Waals surface area contributed by atoms with Crippen LogP contribution in [0, 0.1) is 5.82 Å². The summed E-state index contributed by atoms with van der Waals surface area (Å²) in [5.74, 6) is 0.568. The molecule has 3 N–H and O–H groups in total. The molecule has 0 aliphatic carbocycles. The molecule has 0 atom stereocenters. The zero-order valence-electron chi connectivity index (χ0n) is 13.9. The first kappa shape index (κ1) is 17.5. The van der Waals surface area contributed by atoms with Crippen LogP contribution in [0.3, 0.4) is 0 Å². The molecule has 2 heterocycles. The average Bonchev–Trinajstić information content (AvgIpc) is 3.07. The van der Waals surface area contributed by atoms with Crippen molar-refractivity contribution in [1.29, 1.82) is 0 Å². The molecule has 134 valence electrons. The third-order valence-corrected chi connectivity index (χ3v) is 4.72. The number of nitrogens with zero attached hydrogens (tertiary/aromatic N) is 2. The minimum absolute atomic E-state index is 0.321. The molecule has 0 amide bonds. The predicted molar refractivity (Wildman–Crippen MR) is 107 cm³/mol. The van der Waals surface area contributed by atoms with Crippen LogP contribution < -0.4 is 5.73 Å². The molecular weight excluding hydrogens is 386 g/mol. The van der Waals surface area contributed by atoms with Gasteiger partial charge in [0, 0.05) is 17.3 Å². The van der Waals surface area contributed by atoms with Gasteiger partial charge in [-0.2, -0.15) is 0 Å². The topological polar surface area (TPSA) is 67.6 Å². The van der Waals surface area contributed by atoms with Gasteiger partial charge in [-0.3, -0.25) is 0 Å². The Morgan fingerprint density at radius 3 is 2.30 bits per heavy atom. The molecule has 0 saturated heterocycles. The highest BCUT2D eigenvalue weighted by atomic mass is 35.5. The third kappa shape index (κ3) is 3.39. The maximum Gasteiger partial charge on any atom is 0.141 e. The van der Waals surface area contributed by atoms with E-state index in [1.807, 2.05) is 6.07 Å². The highest BCUT2D eigenvalue weighted by molar-refractivity contribution is 6.39. The molecule has 0 aliphatic rings. The standard InChI is InChI=1S/C20H13Cl2FN4/c21-14-2-1-3-15(22)17(14)20-26-18(11-4-6-13(23)7-5-11)19(27-20)12-8-9-25-16(24)10-12/h1-10H,(H2,24,25)(H,26,27). The van der Waals surface area contributed by atoms with Gasteiger partial charge in [-0.25, -0.2) is 14.4 Å². The molecule has 4 aromatic rings. The molecular formula is C20H13Cl2FN4. The fraction of sp³-hybridized carbons (Fsp3) is 0. The number of rotatable bonds is 3. The summed E-state index contributed by atoms with van der Waals surface area (Å²) in [6.45, 7) is 0. The number of aromatic amines is 1. The first-order chi connectivity index (χ1) is 13.0. The number of nitrogen functional groups attached to an aromatic ring is 1. The SMILES string of the molecule is Nc1cc(-c2[nH]c(-c3c(Cl)cccc3Cl)nc2-c2ccc(F)cc2)ccn1. The molecule has 2 aromatic heterocycles. The number of hydrogen-bond acceptors (Lipinski definition) is 3. The minimum atomic E-state index is -0.321. The highest BCUT2D eigenvalue weighted by Crippen LogP contribution is 2.38. The number of nitrogens with two attached hydrogens (primary N) is 1. The number of aromatic nitrogens is 3. The number of benzene rings is 2. The summed E-state index contributed by atoms with van der Waals surface area (Å²) in [7, 11) is 0. The van der Waals surface area contributed by atoms with Crippen molar-refractivity contribution in [2.75, 3.05) is 5.73 Å². The van der Waals surface area contributed by atoms with Crippen molar-refractivity contribution in [2.45, 2.75) is 0 Å². The number of hydrogen-bond donors (Lipinski definition) is 2. The normalized spacial score (nSPS) is 10.9. The number of halogens is 3. The Bertz CT molecular complexity index is 1100. The maximum absolute atomic E-state index is 13.4. The van der Waals surface area contributed by atoms with Crippen molar-refractivity contribution in [3.63, 3.8) is 0 Å². The van der Waals surface area contributed by atoms with Crippen LogP contribution >= 0.6 is 23.2 Å². The molecule has 0 radical (unpaired) electrons. The van der Waals surface area contributed by atoms with Crippen LogP contribution in [0.4, 0.5) is 10.2 Å². The Morgan fingerprint density at radius 2 is 1.63 bits per heavy atom. The Labute approximate surface area is 164 Å². The van der Waals surface area contributed by atoms with E-state index in [4.69, 9.17) is 33.9 Å². The van der Waals surface area contributed by atoms with E-state index in [9.17, 15) is 4.39 Å². The summed E-state index contributed by atoms with van der Waals surface area (Å²) in [6.07, 6.45) is 1.61. The number of anilines is 1. The van der Waals surface area contributed by atoms with Crippen LogP contribution in [0.2, 0.25) is 10.0 Å². The summed E-state index contributed by atoms with van der Waals surface area (Å²) in [4.78, 5) is 12.0. The van der Waals surface area contributed by atoms with E-state index in [0.29, 0.717) is 38.6 Å². The van der Waals surface area contributed by atoms with Crippen LogP contribution in [0.1, 0.15) is 0 Å². The molecule has 0 bridgehead atoms. The van der Waals surface area contributed by atoms with E-state index < -0.39 is 0 Å². The maximum atomic E-state index is 13.4. The Balaban J connectivity index is 1.96. The first-order valence-electron chi connectivity index (χ1n) is 8.05. The lowest BCUT2D eigenvalue weighted by Gasteiger charge is -2.04. The fourth-order valence-electron chi connectivity index (χ4n) is 2.85. The molecule has 0 unspecified atom stereocenters. The van der Waals surface area contributed by atoms with Crippen molar-refractivity contribution in [3.8, 4) is 33.9 Å². The quantitative estimate of drug-likeness (QED) is 0.455. The van der Waals surface area contributed by atoms with Crippen molar-refractivity contribution in [2.24, 2.45) is 0 Å². The average molecular weight is 399 g/mol. The minimum Gasteiger partial charge on any atom is -0.384 e. The van der Waals surface area contributed by atoms with Crippen LogP contribution in [-0.4, -0.2) is 15.0 Å². The zero-order chi connectivity index (χ0) is 19.0. The molecule has 0 aliphatic heterocycles. The van der Waals surface area contributed by atoms with Gasteiger partial charge in [0.25, 0.3) is 0 Å². The Kier molecular flexibility index (Phi) is 4.56. The molecule has 7 heteroatoms. The fourth-order valence-corrected chi connectivity index (χ4v) is 3.42. The van der Waals surface area contributed by atoms with Crippen LogP contribution in [-0.2, 0) is 0 Å². The number of H-pyrrole nitrogens is 1. The summed E-state index contributed by atoms with van der Waals surface area (Å²) >= 11 is 12.7. The van der Waals surface area contributed by atoms with Gasteiger partial charge in [0.05, 0.1) is 27.0 Å². The first-order valence-corrected chi connectivity index (χ1v) is 8.81. The van der Waals surface area contributed by atoms with E-state index in [1.165, 1.54) is 12.1 Å². The van der Waals surface area contributed by atoms with E-state index >= 15 is 0 Å². The molecule has 2 aromatic carbocycles. The predicted octanol–water partition coefficient (Wildman–Crippen LogP) is 5.83.